The van der Waals surface area contributed by atoms with Crippen molar-refractivity contribution < 1.29 is 9.59 Å². The number of hydrogen-bond donors (Lipinski definition) is 2. The van der Waals surface area contributed by atoms with Gasteiger partial charge in [-0.1, -0.05) is 28.1 Å². The van der Waals surface area contributed by atoms with Crippen LogP contribution in [0.1, 0.15) is 11.3 Å². The molecule has 6 heteroatoms. The quantitative estimate of drug-likeness (QED) is 0.837. The van der Waals surface area contributed by atoms with E-state index < -0.39 is 11.8 Å². The number of anilines is 1. The Labute approximate surface area is 130 Å². The number of carbonyl (C=O) groups is 2. The van der Waals surface area contributed by atoms with Crippen LogP contribution in [0, 0.1) is 6.92 Å². The van der Waals surface area contributed by atoms with E-state index in [4.69, 9.17) is 0 Å². The van der Waals surface area contributed by atoms with Crippen LogP contribution in [0.25, 0.3) is 0 Å². The van der Waals surface area contributed by atoms with Crippen molar-refractivity contribution in [1.82, 2.24) is 10.3 Å². The van der Waals surface area contributed by atoms with E-state index in [1.165, 1.54) is 0 Å². The van der Waals surface area contributed by atoms with E-state index in [-0.39, 0.29) is 6.54 Å². The van der Waals surface area contributed by atoms with Gasteiger partial charge in [-0.05, 0) is 36.8 Å². The molecule has 1 aromatic heterocycles. The molecule has 5 nitrogen and oxygen atoms in total. The lowest BCUT2D eigenvalue weighted by molar-refractivity contribution is -0.136. The molecule has 108 valence electrons. The summed E-state index contributed by atoms with van der Waals surface area (Å²) >= 11 is 3.37. The van der Waals surface area contributed by atoms with Gasteiger partial charge in [0.2, 0.25) is 0 Å². The molecular weight excluding hydrogens is 334 g/mol. The summed E-state index contributed by atoms with van der Waals surface area (Å²) in [5.74, 6) is -1.40. The summed E-state index contributed by atoms with van der Waals surface area (Å²) in [4.78, 5) is 27.5. The number of aromatic nitrogens is 1. The highest BCUT2D eigenvalue weighted by atomic mass is 79.9. The fraction of sp³-hybridized carbons (Fsp3) is 0.133. The minimum atomic E-state index is -0.707. The van der Waals surface area contributed by atoms with Crippen molar-refractivity contribution in [3.8, 4) is 0 Å². The van der Waals surface area contributed by atoms with Gasteiger partial charge in [0.1, 0.15) is 0 Å². The average molecular weight is 348 g/mol. The van der Waals surface area contributed by atoms with Crippen molar-refractivity contribution in [2.24, 2.45) is 0 Å². The number of carbonyl (C=O) groups excluding carboxylic acids is 2. The molecule has 2 amide bonds. The van der Waals surface area contributed by atoms with Crippen LogP contribution in [-0.4, -0.2) is 16.8 Å². The van der Waals surface area contributed by atoms with Crippen molar-refractivity contribution in [3.63, 3.8) is 0 Å². The zero-order valence-electron chi connectivity index (χ0n) is 11.4. The second kappa shape index (κ2) is 6.99. The first-order chi connectivity index (χ1) is 10.1. The van der Waals surface area contributed by atoms with Gasteiger partial charge in [0.05, 0.1) is 12.2 Å². The molecule has 2 N–H and O–H groups in total. The minimum Gasteiger partial charge on any atom is -0.342 e. The Hall–Kier alpha value is -2.21. The average Bonchev–Trinajstić information content (AvgIpc) is 2.49. The second-order valence-corrected chi connectivity index (χ2v) is 5.28. The maximum Gasteiger partial charge on any atom is 0.313 e. The van der Waals surface area contributed by atoms with Gasteiger partial charge in [-0.2, -0.15) is 0 Å². The zero-order valence-corrected chi connectivity index (χ0v) is 13.0. The summed E-state index contributed by atoms with van der Waals surface area (Å²) in [6, 6.07) is 10.7. The van der Waals surface area contributed by atoms with Gasteiger partial charge in [0, 0.05) is 16.4 Å². The van der Waals surface area contributed by atoms with Crippen LogP contribution < -0.4 is 10.6 Å². The number of aryl methyl sites for hydroxylation is 1. The maximum absolute atomic E-state index is 11.8. The first-order valence-electron chi connectivity index (χ1n) is 6.31. The summed E-state index contributed by atoms with van der Waals surface area (Å²) < 4.78 is 0.870. The van der Waals surface area contributed by atoms with E-state index in [0.717, 1.165) is 10.0 Å². The monoisotopic (exact) mass is 347 g/mol. The second-order valence-electron chi connectivity index (χ2n) is 4.42. The molecule has 0 aliphatic heterocycles. The smallest absolute Gasteiger partial charge is 0.313 e. The molecule has 0 saturated carbocycles. The van der Waals surface area contributed by atoms with Crippen LogP contribution in [0.15, 0.2) is 47.1 Å². The van der Waals surface area contributed by atoms with Crippen LogP contribution in [0.5, 0.6) is 0 Å². The Morgan fingerprint density at radius 3 is 2.67 bits per heavy atom. The van der Waals surface area contributed by atoms with Crippen molar-refractivity contribution >= 4 is 33.4 Å². The molecule has 0 unspecified atom stereocenters. The Bertz CT molecular complexity index is 659. The lowest BCUT2D eigenvalue weighted by Gasteiger charge is -2.07. The predicted octanol–water partition coefficient (Wildman–Crippen LogP) is 2.41. The summed E-state index contributed by atoms with van der Waals surface area (Å²) in [6.07, 6.45) is 1.63. The van der Waals surface area contributed by atoms with Crippen LogP contribution in [-0.2, 0) is 16.1 Å². The lowest BCUT2D eigenvalue weighted by Crippen LogP contribution is -2.35. The Kier molecular flexibility index (Phi) is 5.05. The van der Waals surface area contributed by atoms with Crippen LogP contribution in [0.4, 0.5) is 5.69 Å². The first kappa shape index (κ1) is 15.2. The first-order valence-corrected chi connectivity index (χ1v) is 7.11. The molecule has 0 spiro atoms. The Balaban J connectivity index is 1.90. The number of amides is 2. The third-order valence-electron chi connectivity index (χ3n) is 2.79. The largest absolute Gasteiger partial charge is 0.342 e. The molecule has 0 saturated heterocycles. The number of hydrogen-bond acceptors (Lipinski definition) is 3. The van der Waals surface area contributed by atoms with E-state index in [0.29, 0.717) is 11.4 Å². The molecule has 0 radical (unpaired) electrons. The summed E-state index contributed by atoms with van der Waals surface area (Å²) in [7, 11) is 0. The number of halogens is 1. The molecule has 1 heterocycles. The van der Waals surface area contributed by atoms with Crippen LogP contribution in [0.3, 0.4) is 0 Å². The molecule has 21 heavy (non-hydrogen) atoms. The molecule has 0 atom stereocenters. The number of rotatable bonds is 3. The van der Waals surface area contributed by atoms with Crippen LogP contribution >= 0.6 is 15.9 Å². The summed E-state index contributed by atoms with van der Waals surface area (Å²) in [6.45, 7) is 2.15. The van der Waals surface area contributed by atoms with Gasteiger partial charge in [-0.25, -0.2) is 0 Å². The molecule has 0 aliphatic carbocycles. The topological polar surface area (TPSA) is 71.1 Å². The zero-order chi connectivity index (χ0) is 15.2. The van der Waals surface area contributed by atoms with Crippen molar-refractivity contribution in [2.45, 2.75) is 13.5 Å². The maximum atomic E-state index is 11.8. The number of nitrogens with one attached hydrogen (secondary N) is 2. The van der Waals surface area contributed by atoms with Gasteiger partial charge in [0.25, 0.3) is 0 Å². The highest BCUT2D eigenvalue weighted by molar-refractivity contribution is 9.10. The van der Waals surface area contributed by atoms with Gasteiger partial charge in [0.15, 0.2) is 0 Å². The van der Waals surface area contributed by atoms with Gasteiger partial charge >= 0.3 is 11.8 Å². The molecule has 0 aliphatic rings. The van der Waals surface area contributed by atoms with Crippen LogP contribution in [0.2, 0.25) is 0 Å². The van der Waals surface area contributed by atoms with E-state index in [9.17, 15) is 9.59 Å². The minimum absolute atomic E-state index is 0.213. The third kappa shape index (κ3) is 4.39. The molecule has 1 aromatic carbocycles. The third-order valence-corrected chi connectivity index (χ3v) is 3.65. The van der Waals surface area contributed by atoms with Crippen molar-refractivity contribution in [3.05, 3.63) is 58.3 Å². The number of benzene rings is 1. The molecule has 2 rings (SSSR count). The molecule has 2 aromatic rings. The fourth-order valence-corrected chi connectivity index (χ4v) is 1.99. The number of nitrogens with zero attached hydrogens (tertiary/aromatic N) is 1. The molecular formula is C15H14BrN3O2. The summed E-state index contributed by atoms with van der Waals surface area (Å²) in [5.41, 5.74) is 2.30. The normalized spacial score (nSPS) is 10.0. The Morgan fingerprint density at radius 1 is 1.19 bits per heavy atom. The molecule has 0 bridgehead atoms. The van der Waals surface area contributed by atoms with Gasteiger partial charge in [-0.3, -0.25) is 14.6 Å². The highest BCUT2D eigenvalue weighted by Crippen LogP contribution is 2.20. The van der Waals surface area contributed by atoms with Gasteiger partial charge < -0.3 is 10.6 Å². The van der Waals surface area contributed by atoms with E-state index in [2.05, 4.69) is 31.5 Å². The SMILES string of the molecule is Cc1ccc(NC(=O)C(=O)NCc2ccccn2)cc1Br. The predicted molar refractivity (Wildman–Crippen MR) is 83.6 cm³/mol. The lowest BCUT2D eigenvalue weighted by atomic mass is 10.2. The van der Waals surface area contributed by atoms with E-state index in [1.54, 1.807) is 30.5 Å². The fourth-order valence-electron chi connectivity index (χ4n) is 1.61. The van der Waals surface area contributed by atoms with E-state index >= 15 is 0 Å². The number of pyridine rings is 1. The summed E-state index contributed by atoms with van der Waals surface area (Å²) in [5, 5.41) is 5.06. The highest BCUT2D eigenvalue weighted by Gasteiger charge is 2.13. The standard InChI is InChI=1S/C15H14BrN3O2/c1-10-5-6-11(8-13(10)16)19-15(21)14(20)18-9-12-4-2-3-7-17-12/h2-8H,9H2,1H3,(H,18,20)(H,19,21). The molecule has 0 fully saturated rings. The van der Waals surface area contributed by atoms with Crippen molar-refractivity contribution in [1.29, 1.82) is 0 Å². The van der Waals surface area contributed by atoms with Crippen molar-refractivity contribution in [2.75, 3.05) is 5.32 Å². The Morgan fingerprint density at radius 2 is 2.00 bits per heavy atom. The van der Waals surface area contributed by atoms with E-state index in [1.807, 2.05) is 19.1 Å². The van der Waals surface area contributed by atoms with Gasteiger partial charge in [-0.15, -0.1) is 0 Å².